The molecule has 0 fully saturated rings. The van der Waals surface area contributed by atoms with E-state index in [1.807, 2.05) is 30.3 Å². The third-order valence-electron chi connectivity index (χ3n) is 4.88. The molecule has 3 aromatic carbocycles. The van der Waals surface area contributed by atoms with Crippen LogP contribution in [-0.2, 0) is 9.53 Å². The van der Waals surface area contributed by atoms with Gasteiger partial charge in [-0.15, -0.1) is 0 Å². The smallest absolute Gasteiger partial charge is 0.339 e. The Hall–Kier alpha value is -3.34. The summed E-state index contributed by atoms with van der Waals surface area (Å²) >= 11 is 12.3. The lowest BCUT2D eigenvalue weighted by Gasteiger charge is -2.23. The number of hydrogen-bond acceptors (Lipinski definition) is 3. The molecule has 0 aliphatic carbocycles. The second kappa shape index (κ2) is 8.80. The quantitative estimate of drug-likeness (QED) is 0.349. The van der Waals surface area contributed by atoms with Gasteiger partial charge in [-0.2, -0.15) is 0 Å². The monoisotopic (exact) mass is 449 g/mol. The second-order valence-corrected chi connectivity index (χ2v) is 7.65. The molecule has 1 aliphatic heterocycles. The first-order chi connectivity index (χ1) is 15.0. The van der Waals surface area contributed by atoms with Gasteiger partial charge in [0, 0.05) is 15.6 Å². The SMILES string of the molecule is COC(=O)c1ccccc1N1C(=O)/C(=C/c2ccc(Cl)cc2Cl)C=C1c1ccccc1. The molecular formula is C25H17Cl2NO3. The van der Waals surface area contributed by atoms with Crippen molar-refractivity contribution in [3.8, 4) is 0 Å². The second-order valence-electron chi connectivity index (χ2n) is 6.81. The Morgan fingerprint density at radius 2 is 1.68 bits per heavy atom. The van der Waals surface area contributed by atoms with Crippen LogP contribution in [-0.4, -0.2) is 19.0 Å². The fraction of sp³-hybridized carbons (Fsp3) is 0.0400. The van der Waals surface area contributed by atoms with E-state index in [-0.39, 0.29) is 5.91 Å². The lowest BCUT2D eigenvalue weighted by Crippen LogP contribution is -2.27. The van der Waals surface area contributed by atoms with Crippen molar-refractivity contribution >= 4 is 52.5 Å². The number of hydrogen-bond donors (Lipinski definition) is 0. The number of methoxy groups -OCH3 is 1. The molecule has 0 N–H and O–H groups in total. The van der Waals surface area contributed by atoms with Crippen LogP contribution in [0, 0.1) is 0 Å². The molecule has 0 spiro atoms. The average molecular weight is 450 g/mol. The van der Waals surface area contributed by atoms with E-state index in [4.69, 9.17) is 27.9 Å². The Balaban J connectivity index is 1.88. The first-order valence-electron chi connectivity index (χ1n) is 9.45. The number of para-hydroxylation sites is 1. The minimum absolute atomic E-state index is 0.277. The molecule has 0 bridgehead atoms. The Morgan fingerprint density at radius 1 is 0.968 bits per heavy atom. The van der Waals surface area contributed by atoms with Crippen molar-refractivity contribution in [2.75, 3.05) is 12.0 Å². The van der Waals surface area contributed by atoms with Crippen molar-refractivity contribution in [3.63, 3.8) is 0 Å². The van der Waals surface area contributed by atoms with E-state index in [0.717, 1.165) is 5.56 Å². The summed E-state index contributed by atoms with van der Waals surface area (Å²) in [5.74, 6) is -0.796. The summed E-state index contributed by atoms with van der Waals surface area (Å²) in [4.78, 5) is 27.4. The molecule has 0 atom stereocenters. The number of carbonyl (C=O) groups excluding carboxylic acids is 2. The summed E-state index contributed by atoms with van der Waals surface area (Å²) in [6.45, 7) is 0. The molecule has 1 heterocycles. The predicted octanol–water partition coefficient (Wildman–Crippen LogP) is 6.25. The zero-order valence-corrected chi connectivity index (χ0v) is 18.0. The van der Waals surface area contributed by atoms with Gasteiger partial charge in [0.15, 0.2) is 0 Å². The maximum Gasteiger partial charge on any atom is 0.339 e. The van der Waals surface area contributed by atoms with Crippen LogP contribution in [0.4, 0.5) is 5.69 Å². The largest absolute Gasteiger partial charge is 0.465 e. The molecule has 0 saturated carbocycles. The maximum absolute atomic E-state index is 13.5. The van der Waals surface area contributed by atoms with Crippen molar-refractivity contribution in [1.82, 2.24) is 0 Å². The summed E-state index contributed by atoms with van der Waals surface area (Å²) < 4.78 is 4.92. The van der Waals surface area contributed by atoms with Crippen LogP contribution < -0.4 is 4.90 Å². The first kappa shape index (κ1) is 20.9. The number of nitrogens with zero attached hydrogens (tertiary/aromatic N) is 1. The van der Waals surface area contributed by atoms with Crippen molar-refractivity contribution < 1.29 is 14.3 Å². The van der Waals surface area contributed by atoms with Crippen LogP contribution in [0.5, 0.6) is 0 Å². The summed E-state index contributed by atoms with van der Waals surface area (Å²) in [6.07, 6.45) is 3.50. The van der Waals surface area contributed by atoms with E-state index < -0.39 is 5.97 Å². The summed E-state index contributed by atoms with van der Waals surface area (Å²) in [7, 11) is 1.31. The van der Waals surface area contributed by atoms with Gasteiger partial charge in [0.2, 0.25) is 0 Å². The number of amides is 1. The van der Waals surface area contributed by atoms with E-state index >= 15 is 0 Å². The molecule has 0 aromatic heterocycles. The van der Waals surface area contributed by atoms with Crippen molar-refractivity contribution in [2.45, 2.75) is 0 Å². The molecule has 6 heteroatoms. The van der Waals surface area contributed by atoms with E-state index in [1.54, 1.807) is 54.6 Å². The van der Waals surface area contributed by atoms with Gasteiger partial charge in [-0.1, -0.05) is 71.7 Å². The van der Waals surface area contributed by atoms with Crippen molar-refractivity contribution in [1.29, 1.82) is 0 Å². The van der Waals surface area contributed by atoms with E-state index in [0.29, 0.717) is 38.1 Å². The normalized spacial score (nSPS) is 14.7. The Morgan fingerprint density at radius 3 is 2.39 bits per heavy atom. The van der Waals surface area contributed by atoms with Gasteiger partial charge in [0.1, 0.15) is 0 Å². The average Bonchev–Trinajstić information content (AvgIpc) is 3.11. The minimum Gasteiger partial charge on any atom is -0.465 e. The van der Waals surface area contributed by atoms with Gasteiger partial charge in [0.05, 0.1) is 24.1 Å². The predicted molar refractivity (Wildman–Crippen MR) is 124 cm³/mol. The van der Waals surface area contributed by atoms with Gasteiger partial charge in [-0.25, -0.2) is 4.79 Å². The number of rotatable bonds is 4. The van der Waals surface area contributed by atoms with Gasteiger partial charge in [0.25, 0.3) is 5.91 Å². The summed E-state index contributed by atoms with van der Waals surface area (Å²) in [5, 5.41) is 0.954. The van der Waals surface area contributed by atoms with Crippen LogP contribution in [0.15, 0.2) is 84.4 Å². The molecule has 1 aliphatic rings. The van der Waals surface area contributed by atoms with E-state index in [2.05, 4.69) is 0 Å². The highest BCUT2D eigenvalue weighted by molar-refractivity contribution is 6.36. The third kappa shape index (κ3) is 4.13. The highest BCUT2D eigenvalue weighted by Crippen LogP contribution is 2.37. The minimum atomic E-state index is -0.519. The topological polar surface area (TPSA) is 46.6 Å². The zero-order chi connectivity index (χ0) is 22.0. The Labute approximate surface area is 190 Å². The summed E-state index contributed by atoms with van der Waals surface area (Å²) in [5.41, 5.74) is 3.33. The number of ether oxygens (including phenoxy) is 1. The number of halogens is 2. The number of anilines is 1. The van der Waals surface area contributed by atoms with E-state index in [1.165, 1.54) is 12.0 Å². The molecule has 154 valence electrons. The lowest BCUT2D eigenvalue weighted by atomic mass is 10.1. The molecule has 0 unspecified atom stereocenters. The highest BCUT2D eigenvalue weighted by Gasteiger charge is 2.33. The third-order valence-corrected chi connectivity index (χ3v) is 5.44. The van der Waals surface area contributed by atoms with E-state index in [9.17, 15) is 9.59 Å². The van der Waals surface area contributed by atoms with Crippen LogP contribution >= 0.6 is 23.2 Å². The molecular weight excluding hydrogens is 433 g/mol. The van der Waals surface area contributed by atoms with Crippen LogP contribution in [0.25, 0.3) is 11.8 Å². The van der Waals surface area contributed by atoms with Crippen LogP contribution in [0.3, 0.4) is 0 Å². The fourth-order valence-corrected chi connectivity index (χ4v) is 3.88. The van der Waals surface area contributed by atoms with Crippen molar-refractivity contribution in [3.05, 3.63) is 111 Å². The van der Waals surface area contributed by atoms with Gasteiger partial charge in [-0.3, -0.25) is 9.69 Å². The molecule has 0 saturated heterocycles. The fourth-order valence-electron chi connectivity index (χ4n) is 3.41. The molecule has 3 aromatic rings. The number of esters is 1. The molecule has 4 nitrogen and oxygen atoms in total. The van der Waals surface area contributed by atoms with Crippen molar-refractivity contribution in [2.24, 2.45) is 0 Å². The van der Waals surface area contributed by atoms with Gasteiger partial charge < -0.3 is 4.74 Å². The Kier molecular flexibility index (Phi) is 5.94. The Bertz CT molecular complexity index is 1230. The standard InChI is InChI=1S/C25H17Cl2NO3/c1-31-25(30)20-9-5-6-10-22(20)28-23(16-7-3-2-4-8-16)14-18(24(28)29)13-17-11-12-19(26)15-21(17)27/h2-15H,1H3/b18-13+. The molecule has 1 amide bonds. The molecule has 0 radical (unpaired) electrons. The number of carbonyl (C=O) groups is 2. The van der Waals surface area contributed by atoms with Gasteiger partial charge >= 0.3 is 5.97 Å². The highest BCUT2D eigenvalue weighted by atomic mass is 35.5. The van der Waals surface area contributed by atoms with Crippen LogP contribution in [0.1, 0.15) is 21.5 Å². The number of benzene rings is 3. The lowest BCUT2D eigenvalue weighted by molar-refractivity contribution is -0.113. The maximum atomic E-state index is 13.5. The van der Waals surface area contributed by atoms with Crippen LogP contribution in [0.2, 0.25) is 10.0 Å². The zero-order valence-electron chi connectivity index (χ0n) is 16.5. The first-order valence-corrected chi connectivity index (χ1v) is 10.2. The molecule has 31 heavy (non-hydrogen) atoms. The van der Waals surface area contributed by atoms with Gasteiger partial charge in [-0.05, 0) is 47.5 Å². The molecule has 4 rings (SSSR count). The summed E-state index contributed by atoms with van der Waals surface area (Å²) in [6, 6.07) is 21.5.